The summed E-state index contributed by atoms with van der Waals surface area (Å²) in [6.45, 7) is 6.66. The average molecular weight is 570 g/mol. The smallest absolute Gasteiger partial charge is 0.317 e. The Morgan fingerprint density at radius 1 is 1.02 bits per heavy atom. The van der Waals surface area contributed by atoms with Crippen LogP contribution in [-0.2, 0) is 17.9 Å². The van der Waals surface area contributed by atoms with Crippen molar-refractivity contribution in [2.24, 2.45) is 5.92 Å². The molecule has 0 aliphatic rings. The van der Waals surface area contributed by atoms with Crippen LogP contribution < -0.4 is 10.9 Å². The number of carboxylic acids is 1. The number of benzene rings is 3. The summed E-state index contributed by atoms with van der Waals surface area (Å²) in [5.74, 6) is 0.382. The van der Waals surface area contributed by atoms with Crippen LogP contribution in [0.3, 0.4) is 0 Å². The molecule has 0 aliphatic carbocycles. The molecule has 1 unspecified atom stereocenters. The summed E-state index contributed by atoms with van der Waals surface area (Å²) in [5.41, 5.74) is 4.10. The number of carbonyl (C=O) groups is 1. The highest BCUT2D eigenvalue weighted by Gasteiger charge is 2.28. The molecule has 8 nitrogen and oxygen atoms in total. The molecular weight excluding hydrogens is 538 g/mol. The molecule has 0 amide bonds. The van der Waals surface area contributed by atoms with Crippen LogP contribution in [0.4, 0.5) is 0 Å². The Bertz CT molecular complexity index is 1740. The van der Waals surface area contributed by atoms with Gasteiger partial charge in [-0.2, -0.15) is 0 Å². The molecule has 0 saturated carbocycles. The van der Waals surface area contributed by atoms with Gasteiger partial charge in [-0.3, -0.25) is 14.2 Å². The van der Waals surface area contributed by atoms with E-state index in [9.17, 15) is 9.59 Å². The lowest BCUT2D eigenvalue weighted by atomic mass is 10.0. The highest BCUT2D eigenvalue weighted by Crippen LogP contribution is 2.32. The largest absolute Gasteiger partial charge is 0.480 e. The fourth-order valence-electron chi connectivity index (χ4n) is 5.05. The van der Waals surface area contributed by atoms with Crippen molar-refractivity contribution in [1.29, 1.82) is 0 Å². The van der Waals surface area contributed by atoms with Crippen molar-refractivity contribution in [3.8, 4) is 11.4 Å². The molecule has 3 aromatic carbocycles. The SMILES string of the molecule is Cc1ccc(-c2nc(CNCC(=O)O)cn2C(c2nc3cc(Cl)ccc3c(=O)n2Cc2ccccc2)C(C)C)cc1. The lowest BCUT2D eigenvalue weighted by Crippen LogP contribution is -2.31. The first kappa shape index (κ1) is 28.3. The standard InChI is InChI=1S/C32H32ClN5O3/c1-20(2)29(37-19-25(16-34-17-28(39)40)35-30(37)23-11-9-21(3)10-12-23)31-36-27-15-24(33)13-14-26(27)32(41)38(31)18-22-7-5-4-6-8-22/h4-15,19-20,29,34H,16-18H2,1-3H3,(H,39,40). The molecule has 2 N–H and O–H groups in total. The second-order valence-electron chi connectivity index (χ2n) is 10.5. The second-order valence-corrected chi connectivity index (χ2v) is 11.0. The third-order valence-electron chi connectivity index (χ3n) is 7.00. The Morgan fingerprint density at radius 2 is 1.76 bits per heavy atom. The van der Waals surface area contributed by atoms with Gasteiger partial charge in [0.15, 0.2) is 0 Å². The van der Waals surface area contributed by atoms with E-state index in [0.29, 0.717) is 39.8 Å². The molecule has 0 saturated heterocycles. The number of rotatable bonds is 10. The minimum atomic E-state index is -0.938. The van der Waals surface area contributed by atoms with E-state index in [1.54, 1.807) is 22.8 Å². The Hall–Kier alpha value is -4.27. The lowest BCUT2D eigenvalue weighted by molar-refractivity contribution is -0.136. The molecule has 2 aromatic heterocycles. The van der Waals surface area contributed by atoms with Gasteiger partial charge < -0.3 is 15.0 Å². The van der Waals surface area contributed by atoms with E-state index < -0.39 is 5.97 Å². The molecule has 5 aromatic rings. The number of aryl methyl sites for hydroxylation is 1. The maximum absolute atomic E-state index is 14.0. The van der Waals surface area contributed by atoms with Crippen LogP contribution in [-0.4, -0.2) is 36.7 Å². The van der Waals surface area contributed by atoms with Gasteiger partial charge in [-0.25, -0.2) is 9.97 Å². The zero-order chi connectivity index (χ0) is 29.1. The summed E-state index contributed by atoms with van der Waals surface area (Å²) in [6.07, 6.45) is 1.93. The van der Waals surface area contributed by atoms with E-state index in [2.05, 4.69) is 23.7 Å². The molecule has 0 aliphatic heterocycles. The average Bonchev–Trinajstić information content (AvgIpc) is 3.34. The molecule has 1 atom stereocenters. The van der Waals surface area contributed by atoms with E-state index in [1.165, 1.54) is 0 Å². The van der Waals surface area contributed by atoms with Crippen molar-refractivity contribution in [3.05, 3.63) is 117 Å². The topological polar surface area (TPSA) is 102 Å². The third-order valence-corrected chi connectivity index (χ3v) is 7.24. The molecule has 0 fully saturated rings. The number of hydrogen-bond donors (Lipinski definition) is 2. The van der Waals surface area contributed by atoms with Crippen molar-refractivity contribution in [1.82, 2.24) is 24.4 Å². The van der Waals surface area contributed by atoms with Crippen LogP contribution in [0.2, 0.25) is 5.02 Å². The summed E-state index contributed by atoms with van der Waals surface area (Å²) < 4.78 is 3.81. The van der Waals surface area contributed by atoms with Gasteiger partial charge in [-0.05, 0) is 36.6 Å². The molecule has 0 radical (unpaired) electrons. The predicted molar refractivity (Wildman–Crippen MR) is 161 cm³/mol. The van der Waals surface area contributed by atoms with Gasteiger partial charge in [-0.1, -0.05) is 85.6 Å². The van der Waals surface area contributed by atoms with Gasteiger partial charge in [0.25, 0.3) is 5.56 Å². The van der Waals surface area contributed by atoms with Gasteiger partial charge in [-0.15, -0.1) is 0 Å². The van der Waals surface area contributed by atoms with Crippen LogP contribution in [0.25, 0.3) is 22.3 Å². The first-order chi connectivity index (χ1) is 19.7. The summed E-state index contributed by atoms with van der Waals surface area (Å²) in [7, 11) is 0. The number of nitrogens with one attached hydrogen (secondary N) is 1. The number of aliphatic carboxylic acids is 1. The van der Waals surface area contributed by atoms with Crippen LogP contribution in [0.5, 0.6) is 0 Å². The lowest BCUT2D eigenvalue weighted by Gasteiger charge is -2.27. The Kier molecular flexibility index (Phi) is 8.33. The summed E-state index contributed by atoms with van der Waals surface area (Å²) in [6, 6.07) is 22.7. The summed E-state index contributed by atoms with van der Waals surface area (Å²) in [5, 5.41) is 13.0. The zero-order valence-electron chi connectivity index (χ0n) is 23.2. The van der Waals surface area contributed by atoms with Crippen molar-refractivity contribution >= 4 is 28.5 Å². The molecule has 2 heterocycles. The Labute approximate surface area is 243 Å². The predicted octanol–water partition coefficient (Wildman–Crippen LogP) is 5.69. The van der Waals surface area contributed by atoms with Crippen molar-refractivity contribution in [2.75, 3.05) is 6.54 Å². The minimum absolute atomic E-state index is 0.0128. The van der Waals surface area contributed by atoms with Crippen molar-refractivity contribution in [2.45, 2.75) is 39.9 Å². The molecule has 5 rings (SSSR count). The van der Waals surface area contributed by atoms with Gasteiger partial charge in [0.05, 0.1) is 35.7 Å². The summed E-state index contributed by atoms with van der Waals surface area (Å²) in [4.78, 5) is 35.1. The normalized spacial score (nSPS) is 12.2. The first-order valence-electron chi connectivity index (χ1n) is 13.5. The monoisotopic (exact) mass is 569 g/mol. The molecule has 0 bridgehead atoms. The second kappa shape index (κ2) is 12.1. The van der Waals surface area contributed by atoms with E-state index in [1.807, 2.05) is 67.7 Å². The maximum atomic E-state index is 14.0. The van der Waals surface area contributed by atoms with Gasteiger partial charge in [0.1, 0.15) is 11.6 Å². The van der Waals surface area contributed by atoms with Gasteiger partial charge >= 0.3 is 5.97 Å². The number of aromatic nitrogens is 4. The Balaban J connectivity index is 1.73. The number of carboxylic acid groups (broad SMARTS) is 1. The highest BCUT2D eigenvalue weighted by atomic mass is 35.5. The number of nitrogens with zero attached hydrogens (tertiary/aromatic N) is 4. The van der Waals surface area contributed by atoms with Crippen LogP contribution in [0.1, 0.15) is 42.5 Å². The van der Waals surface area contributed by atoms with Crippen LogP contribution in [0, 0.1) is 12.8 Å². The van der Waals surface area contributed by atoms with Gasteiger partial charge in [0, 0.05) is 23.3 Å². The molecule has 9 heteroatoms. The molecular formula is C32H32ClN5O3. The van der Waals surface area contributed by atoms with Gasteiger partial charge in [0.2, 0.25) is 0 Å². The molecule has 0 spiro atoms. The first-order valence-corrected chi connectivity index (χ1v) is 13.9. The Morgan fingerprint density at radius 3 is 2.44 bits per heavy atom. The van der Waals surface area contributed by atoms with E-state index in [4.69, 9.17) is 26.7 Å². The number of fused-ring (bicyclic) bond motifs is 1. The number of hydrogen-bond acceptors (Lipinski definition) is 5. The van der Waals surface area contributed by atoms with E-state index in [0.717, 1.165) is 16.7 Å². The van der Waals surface area contributed by atoms with Crippen LogP contribution in [0.15, 0.2) is 83.8 Å². The number of imidazole rings is 1. The quantitative estimate of drug-likeness (QED) is 0.224. The van der Waals surface area contributed by atoms with Crippen LogP contribution >= 0.6 is 11.6 Å². The molecule has 210 valence electrons. The van der Waals surface area contributed by atoms with E-state index >= 15 is 0 Å². The minimum Gasteiger partial charge on any atom is -0.480 e. The van der Waals surface area contributed by atoms with Crippen molar-refractivity contribution in [3.63, 3.8) is 0 Å². The van der Waals surface area contributed by atoms with Crippen molar-refractivity contribution < 1.29 is 9.90 Å². The zero-order valence-corrected chi connectivity index (χ0v) is 24.0. The highest BCUT2D eigenvalue weighted by molar-refractivity contribution is 6.31. The van der Waals surface area contributed by atoms with E-state index in [-0.39, 0.29) is 30.6 Å². The maximum Gasteiger partial charge on any atom is 0.317 e. The fraction of sp³-hybridized carbons (Fsp3) is 0.250. The summed E-state index contributed by atoms with van der Waals surface area (Å²) >= 11 is 6.33. The molecule has 41 heavy (non-hydrogen) atoms. The third kappa shape index (κ3) is 6.24. The number of halogens is 1. The fourth-order valence-corrected chi connectivity index (χ4v) is 5.22.